The van der Waals surface area contributed by atoms with Crippen LogP contribution in [0.5, 0.6) is 0 Å². The van der Waals surface area contributed by atoms with E-state index in [4.69, 9.17) is 28.3 Å². The quantitative estimate of drug-likeness (QED) is 0.265. The summed E-state index contributed by atoms with van der Waals surface area (Å²) >= 11 is 0. The Balaban J connectivity index is 0.000000164. The average molecular weight is 294 g/mol. The zero-order valence-electron chi connectivity index (χ0n) is 12.0. The molecule has 0 atom stereocenters. The molecular weight excluding hydrogens is 276 g/mol. The number of benzene rings is 2. The molecule has 0 fully saturated rings. The average Bonchev–Trinajstić information content (AvgIpc) is 2.52. The van der Waals surface area contributed by atoms with Gasteiger partial charge < -0.3 is 22.9 Å². The first-order valence-corrected chi connectivity index (χ1v) is 6.57. The first-order chi connectivity index (χ1) is 10.5. The summed E-state index contributed by atoms with van der Waals surface area (Å²) < 4.78 is 0. The summed E-state index contributed by atoms with van der Waals surface area (Å²) in [6, 6.07) is 14.6. The van der Waals surface area contributed by atoms with Crippen LogP contribution >= 0.6 is 0 Å². The predicted octanol–water partition coefficient (Wildman–Crippen LogP) is 1.95. The van der Waals surface area contributed by atoms with E-state index in [1.807, 2.05) is 24.3 Å². The maximum absolute atomic E-state index is 7.04. The van der Waals surface area contributed by atoms with E-state index in [0.29, 0.717) is 22.8 Å². The fourth-order valence-electron chi connectivity index (χ4n) is 1.86. The van der Waals surface area contributed by atoms with Gasteiger partial charge in [-0.2, -0.15) is 0 Å². The summed E-state index contributed by atoms with van der Waals surface area (Å²) in [5.41, 5.74) is 23.9. The molecule has 0 radical (unpaired) electrons. The van der Waals surface area contributed by atoms with Crippen molar-refractivity contribution in [2.75, 3.05) is 17.2 Å². The van der Waals surface area contributed by atoms with Gasteiger partial charge in [0, 0.05) is 28.2 Å². The highest BCUT2D eigenvalue weighted by atomic mass is 14.9. The van der Waals surface area contributed by atoms with Crippen molar-refractivity contribution in [2.24, 2.45) is 5.73 Å². The molecule has 6 heteroatoms. The third-order valence-corrected chi connectivity index (χ3v) is 3.09. The van der Waals surface area contributed by atoms with Crippen LogP contribution in [0, 0.1) is 5.41 Å². The lowest BCUT2D eigenvalue weighted by Crippen LogP contribution is -2.10. The van der Waals surface area contributed by atoms with Crippen LogP contribution in [-0.4, -0.2) is 10.8 Å². The molecule has 1 aromatic heterocycles. The third kappa shape index (κ3) is 3.43. The molecular formula is C16H18N6. The third-order valence-electron chi connectivity index (χ3n) is 3.09. The van der Waals surface area contributed by atoms with Gasteiger partial charge in [-0.05, 0) is 24.3 Å². The number of fused-ring (bicyclic) bond motifs is 1. The van der Waals surface area contributed by atoms with Crippen LogP contribution in [0.25, 0.3) is 10.8 Å². The standard InChI is InChI=1S/C9H9N3.C7H9N3/c10-8-7-4-2-1-3-6(7)5-12-9(8)11;8-6-3-1-5(2-4-6)7(9)10/h1-5H,10H2,(H2,11,12);1-4H,8H2,(H3,9,10). The molecule has 0 saturated carbocycles. The minimum Gasteiger partial charge on any atom is -0.399 e. The Morgan fingerprint density at radius 2 is 1.55 bits per heavy atom. The number of rotatable bonds is 1. The summed E-state index contributed by atoms with van der Waals surface area (Å²) in [7, 11) is 0. The van der Waals surface area contributed by atoms with Crippen molar-refractivity contribution in [3.63, 3.8) is 0 Å². The Bertz CT molecular complexity index is 795. The Hall–Kier alpha value is -3.28. The van der Waals surface area contributed by atoms with Crippen LogP contribution in [0.1, 0.15) is 5.56 Å². The number of nitrogen functional groups attached to an aromatic ring is 4. The number of hydrogen-bond acceptors (Lipinski definition) is 5. The van der Waals surface area contributed by atoms with Crippen molar-refractivity contribution in [3.05, 3.63) is 60.3 Å². The molecule has 0 aliphatic heterocycles. The largest absolute Gasteiger partial charge is 0.399 e. The second-order valence-electron chi connectivity index (χ2n) is 4.68. The normalized spacial score (nSPS) is 9.82. The molecule has 112 valence electrons. The Labute approximate surface area is 128 Å². The van der Waals surface area contributed by atoms with Gasteiger partial charge in [0.2, 0.25) is 0 Å². The number of pyridine rings is 1. The molecule has 0 unspecified atom stereocenters. The van der Waals surface area contributed by atoms with Gasteiger partial charge in [0.15, 0.2) is 0 Å². The maximum Gasteiger partial charge on any atom is 0.147 e. The molecule has 6 nitrogen and oxygen atoms in total. The minimum absolute atomic E-state index is 0.0694. The summed E-state index contributed by atoms with van der Waals surface area (Å²) in [6.45, 7) is 0. The maximum atomic E-state index is 7.04. The smallest absolute Gasteiger partial charge is 0.147 e. The van der Waals surface area contributed by atoms with Gasteiger partial charge in [-0.3, -0.25) is 5.41 Å². The van der Waals surface area contributed by atoms with Crippen molar-refractivity contribution in [2.45, 2.75) is 0 Å². The highest BCUT2D eigenvalue weighted by molar-refractivity contribution is 5.96. The van der Waals surface area contributed by atoms with Crippen LogP contribution in [-0.2, 0) is 0 Å². The molecule has 2 aromatic carbocycles. The zero-order chi connectivity index (χ0) is 16.1. The number of nitrogens with two attached hydrogens (primary N) is 4. The fraction of sp³-hybridized carbons (Fsp3) is 0. The Morgan fingerprint density at radius 3 is 2.18 bits per heavy atom. The first kappa shape index (κ1) is 15.1. The van der Waals surface area contributed by atoms with E-state index < -0.39 is 0 Å². The molecule has 0 amide bonds. The summed E-state index contributed by atoms with van der Waals surface area (Å²) in [5.74, 6) is 0.466. The minimum atomic E-state index is 0.0694. The highest BCUT2D eigenvalue weighted by Crippen LogP contribution is 2.23. The lowest BCUT2D eigenvalue weighted by atomic mass is 10.1. The van der Waals surface area contributed by atoms with Crippen molar-refractivity contribution >= 4 is 33.8 Å². The van der Waals surface area contributed by atoms with E-state index in [-0.39, 0.29) is 5.84 Å². The van der Waals surface area contributed by atoms with Crippen LogP contribution in [0.3, 0.4) is 0 Å². The van der Waals surface area contributed by atoms with Crippen LogP contribution < -0.4 is 22.9 Å². The van der Waals surface area contributed by atoms with Gasteiger partial charge in [-0.25, -0.2) is 4.98 Å². The van der Waals surface area contributed by atoms with E-state index in [1.54, 1.807) is 30.5 Å². The van der Waals surface area contributed by atoms with E-state index in [1.165, 1.54) is 0 Å². The number of amidine groups is 1. The molecule has 0 aliphatic carbocycles. The Morgan fingerprint density at radius 1 is 0.909 bits per heavy atom. The molecule has 0 aliphatic rings. The van der Waals surface area contributed by atoms with Crippen molar-refractivity contribution in [1.29, 1.82) is 5.41 Å². The second kappa shape index (κ2) is 6.45. The SMILES string of the molecule is N=C(N)c1ccc(N)cc1.Nc1ncc2ccccc2c1N. The predicted molar refractivity (Wildman–Crippen MR) is 92.4 cm³/mol. The number of nitrogens with zero attached hydrogens (tertiary/aromatic N) is 1. The number of anilines is 3. The number of nitrogens with one attached hydrogen (secondary N) is 1. The van der Waals surface area contributed by atoms with Crippen LogP contribution in [0.15, 0.2) is 54.7 Å². The molecule has 0 spiro atoms. The zero-order valence-corrected chi connectivity index (χ0v) is 12.0. The molecule has 3 aromatic rings. The molecule has 9 N–H and O–H groups in total. The number of hydrogen-bond donors (Lipinski definition) is 5. The van der Waals surface area contributed by atoms with Crippen LogP contribution in [0.2, 0.25) is 0 Å². The molecule has 0 saturated heterocycles. The highest BCUT2D eigenvalue weighted by Gasteiger charge is 2.00. The summed E-state index contributed by atoms with van der Waals surface area (Å²) in [4.78, 5) is 3.96. The van der Waals surface area contributed by atoms with E-state index in [0.717, 1.165) is 10.8 Å². The monoisotopic (exact) mass is 294 g/mol. The lowest BCUT2D eigenvalue weighted by molar-refractivity contribution is 1.37. The molecule has 3 rings (SSSR count). The van der Waals surface area contributed by atoms with E-state index >= 15 is 0 Å². The van der Waals surface area contributed by atoms with Crippen LogP contribution in [0.4, 0.5) is 17.2 Å². The van der Waals surface area contributed by atoms with Gasteiger partial charge in [-0.15, -0.1) is 0 Å². The van der Waals surface area contributed by atoms with E-state index in [9.17, 15) is 0 Å². The topological polar surface area (TPSA) is 141 Å². The van der Waals surface area contributed by atoms with Gasteiger partial charge in [0.1, 0.15) is 11.7 Å². The van der Waals surface area contributed by atoms with Gasteiger partial charge >= 0.3 is 0 Å². The molecule has 1 heterocycles. The van der Waals surface area contributed by atoms with Gasteiger partial charge in [-0.1, -0.05) is 24.3 Å². The molecule has 22 heavy (non-hydrogen) atoms. The van der Waals surface area contributed by atoms with Gasteiger partial charge in [0.25, 0.3) is 0 Å². The summed E-state index contributed by atoms with van der Waals surface area (Å²) in [5, 5.41) is 9.02. The molecule has 0 bridgehead atoms. The van der Waals surface area contributed by atoms with Crippen molar-refractivity contribution in [1.82, 2.24) is 4.98 Å². The second-order valence-corrected chi connectivity index (χ2v) is 4.68. The first-order valence-electron chi connectivity index (χ1n) is 6.57. The fourth-order valence-corrected chi connectivity index (χ4v) is 1.86. The van der Waals surface area contributed by atoms with E-state index in [2.05, 4.69) is 4.98 Å². The van der Waals surface area contributed by atoms with Crippen molar-refractivity contribution < 1.29 is 0 Å². The lowest BCUT2D eigenvalue weighted by Gasteiger charge is -2.02. The van der Waals surface area contributed by atoms with Gasteiger partial charge in [0.05, 0.1) is 5.69 Å². The Kier molecular flexibility index (Phi) is 4.43. The number of aromatic nitrogens is 1. The van der Waals surface area contributed by atoms with Crippen molar-refractivity contribution in [3.8, 4) is 0 Å². The summed E-state index contributed by atoms with van der Waals surface area (Å²) in [6.07, 6.45) is 1.72.